The summed E-state index contributed by atoms with van der Waals surface area (Å²) in [6.07, 6.45) is 1.41. The Labute approximate surface area is 158 Å². The number of hydrogen-bond donors (Lipinski definition) is 1. The number of sulfone groups is 1. The first-order chi connectivity index (χ1) is 13.0. The van der Waals surface area contributed by atoms with Crippen LogP contribution in [0.3, 0.4) is 0 Å². The first-order valence-electron chi connectivity index (χ1n) is 8.54. The number of carbonyl (C=O) groups is 1. The van der Waals surface area contributed by atoms with Gasteiger partial charge in [-0.2, -0.15) is 0 Å². The Morgan fingerprint density at radius 1 is 1.22 bits per heavy atom. The van der Waals surface area contributed by atoms with Gasteiger partial charge in [0.15, 0.2) is 9.84 Å². The maximum atomic E-state index is 13.1. The van der Waals surface area contributed by atoms with Gasteiger partial charge in [-0.1, -0.05) is 0 Å². The van der Waals surface area contributed by atoms with Crippen LogP contribution in [0.4, 0.5) is 4.79 Å². The Morgan fingerprint density at radius 3 is 2.52 bits per heavy atom. The van der Waals surface area contributed by atoms with Crippen molar-refractivity contribution in [3.05, 3.63) is 48.4 Å². The highest BCUT2D eigenvalue weighted by Crippen LogP contribution is 2.30. The van der Waals surface area contributed by atoms with Crippen molar-refractivity contribution < 1.29 is 27.1 Å². The average molecular weight is 394 g/mol. The van der Waals surface area contributed by atoms with E-state index in [0.717, 1.165) is 0 Å². The summed E-state index contributed by atoms with van der Waals surface area (Å²) in [5.41, 5.74) is 0. The van der Waals surface area contributed by atoms with Gasteiger partial charge in [0.05, 0.1) is 31.5 Å². The molecule has 1 N–H and O–H groups in total. The van der Waals surface area contributed by atoms with Crippen molar-refractivity contribution >= 4 is 15.9 Å². The van der Waals surface area contributed by atoms with Crippen LogP contribution >= 0.6 is 0 Å². The molecule has 0 spiro atoms. The van der Waals surface area contributed by atoms with Crippen LogP contribution < -0.4 is 10.1 Å². The van der Waals surface area contributed by atoms with Gasteiger partial charge in [-0.25, -0.2) is 13.2 Å². The van der Waals surface area contributed by atoms with E-state index in [-0.39, 0.29) is 23.2 Å². The van der Waals surface area contributed by atoms with Crippen LogP contribution in [0.25, 0.3) is 0 Å². The lowest BCUT2D eigenvalue weighted by molar-refractivity contribution is 0.0532. The lowest BCUT2D eigenvalue weighted by Crippen LogP contribution is -2.47. The summed E-state index contributed by atoms with van der Waals surface area (Å²) < 4.78 is 41.9. The minimum Gasteiger partial charge on any atom is -0.497 e. The van der Waals surface area contributed by atoms with Crippen molar-refractivity contribution in [3.63, 3.8) is 0 Å². The van der Waals surface area contributed by atoms with Crippen molar-refractivity contribution in [3.8, 4) is 5.75 Å². The Balaban J connectivity index is 1.79. The molecule has 8 nitrogen and oxygen atoms in total. The molecule has 1 unspecified atom stereocenters. The van der Waals surface area contributed by atoms with E-state index in [1.807, 2.05) is 0 Å². The van der Waals surface area contributed by atoms with Crippen LogP contribution in [0, 0.1) is 0 Å². The van der Waals surface area contributed by atoms with Crippen molar-refractivity contribution in [2.75, 3.05) is 40.0 Å². The largest absolute Gasteiger partial charge is 0.497 e. The number of morpholine rings is 1. The smallest absolute Gasteiger partial charge is 0.317 e. The van der Waals surface area contributed by atoms with Gasteiger partial charge in [-0.15, -0.1) is 0 Å². The summed E-state index contributed by atoms with van der Waals surface area (Å²) in [4.78, 5) is 14.1. The lowest BCUT2D eigenvalue weighted by Gasteiger charge is -2.27. The predicted molar refractivity (Wildman–Crippen MR) is 97.4 cm³/mol. The van der Waals surface area contributed by atoms with Gasteiger partial charge in [0.25, 0.3) is 0 Å². The minimum atomic E-state index is -3.78. The highest BCUT2D eigenvalue weighted by atomic mass is 32.2. The van der Waals surface area contributed by atoms with Crippen molar-refractivity contribution in [2.45, 2.75) is 10.1 Å². The third kappa shape index (κ3) is 4.42. The van der Waals surface area contributed by atoms with Gasteiger partial charge in [-0.3, -0.25) is 0 Å². The summed E-state index contributed by atoms with van der Waals surface area (Å²) in [6.45, 7) is 1.79. The number of urea groups is 1. The van der Waals surface area contributed by atoms with Crippen LogP contribution in [0.15, 0.2) is 52.0 Å². The molecule has 3 rings (SSSR count). The Kier molecular flexibility index (Phi) is 6.02. The van der Waals surface area contributed by atoms with Gasteiger partial charge < -0.3 is 24.1 Å². The highest BCUT2D eigenvalue weighted by molar-refractivity contribution is 7.91. The zero-order valence-corrected chi connectivity index (χ0v) is 15.8. The molecule has 1 fully saturated rings. The van der Waals surface area contributed by atoms with Crippen molar-refractivity contribution in [2.24, 2.45) is 0 Å². The first kappa shape index (κ1) is 19.2. The maximum absolute atomic E-state index is 13.1. The van der Waals surface area contributed by atoms with Gasteiger partial charge in [-0.05, 0) is 36.4 Å². The molecule has 1 aliphatic rings. The number of carbonyl (C=O) groups excluding carboxylic acids is 1. The molecule has 1 atom stereocenters. The molecule has 1 aromatic carbocycles. The summed E-state index contributed by atoms with van der Waals surface area (Å²) >= 11 is 0. The standard InChI is InChI=1S/C18H22N2O6S/c1-24-14-4-6-15(7-5-14)27(22,23)17(16-3-2-10-26-16)13-19-18(21)20-8-11-25-12-9-20/h2-7,10,17H,8-9,11-13H2,1H3,(H,19,21). The lowest BCUT2D eigenvalue weighted by atomic mass is 10.3. The molecule has 27 heavy (non-hydrogen) atoms. The SMILES string of the molecule is COc1ccc(S(=O)(=O)C(CNC(=O)N2CCOCC2)c2ccco2)cc1. The van der Waals surface area contributed by atoms with Gasteiger partial charge in [0.1, 0.15) is 16.8 Å². The van der Waals surface area contributed by atoms with E-state index >= 15 is 0 Å². The summed E-state index contributed by atoms with van der Waals surface area (Å²) in [7, 11) is -2.27. The van der Waals surface area contributed by atoms with Crippen LogP contribution in [0.1, 0.15) is 11.0 Å². The second-order valence-electron chi connectivity index (χ2n) is 6.01. The predicted octanol–water partition coefficient (Wildman–Crippen LogP) is 1.84. The van der Waals surface area contributed by atoms with Crippen LogP contribution in [-0.4, -0.2) is 59.3 Å². The third-order valence-electron chi connectivity index (χ3n) is 4.36. The number of benzene rings is 1. The fourth-order valence-corrected chi connectivity index (χ4v) is 4.41. The molecule has 1 aromatic heterocycles. The molecule has 0 saturated carbocycles. The summed E-state index contributed by atoms with van der Waals surface area (Å²) in [5, 5.41) is 1.67. The number of nitrogens with zero attached hydrogens (tertiary/aromatic N) is 1. The van der Waals surface area contributed by atoms with E-state index in [0.29, 0.717) is 32.1 Å². The molecule has 2 aromatic rings. The average Bonchev–Trinajstić information content (AvgIpc) is 3.23. The van der Waals surface area contributed by atoms with Gasteiger partial charge in [0, 0.05) is 19.6 Å². The van der Waals surface area contributed by atoms with E-state index in [2.05, 4.69) is 5.32 Å². The van der Waals surface area contributed by atoms with E-state index in [1.54, 1.807) is 29.2 Å². The molecular formula is C18H22N2O6S. The number of rotatable bonds is 6. The van der Waals surface area contributed by atoms with Crippen molar-refractivity contribution in [1.29, 1.82) is 0 Å². The van der Waals surface area contributed by atoms with Gasteiger partial charge in [0.2, 0.25) is 0 Å². The second kappa shape index (κ2) is 8.45. The quantitative estimate of drug-likeness (QED) is 0.803. The Hall–Kier alpha value is -2.52. The molecule has 1 aliphatic heterocycles. The molecule has 2 amide bonds. The molecule has 2 heterocycles. The molecule has 1 saturated heterocycles. The van der Waals surface area contributed by atoms with E-state index in [1.165, 1.54) is 25.5 Å². The molecule has 0 aliphatic carbocycles. The Bertz CT molecular complexity index is 842. The number of hydrogen-bond acceptors (Lipinski definition) is 6. The number of amides is 2. The van der Waals surface area contributed by atoms with Crippen molar-refractivity contribution in [1.82, 2.24) is 10.2 Å². The zero-order valence-electron chi connectivity index (χ0n) is 15.0. The zero-order chi connectivity index (χ0) is 19.3. The van der Waals surface area contributed by atoms with Crippen LogP contribution in [0.2, 0.25) is 0 Å². The highest BCUT2D eigenvalue weighted by Gasteiger charge is 2.32. The third-order valence-corrected chi connectivity index (χ3v) is 6.44. The second-order valence-corrected chi connectivity index (χ2v) is 8.14. The topological polar surface area (TPSA) is 98.1 Å². The monoisotopic (exact) mass is 394 g/mol. The summed E-state index contributed by atoms with van der Waals surface area (Å²) in [6, 6.07) is 9.01. The number of methoxy groups -OCH3 is 1. The number of nitrogens with one attached hydrogen (secondary N) is 1. The van der Waals surface area contributed by atoms with Crippen LogP contribution in [0.5, 0.6) is 5.75 Å². The molecule has 9 heteroatoms. The summed E-state index contributed by atoms with van der Waals surface area (Å²) in [5.74, 6) is 0.831. The first-order valence-corrected chi connectivity index (χ1v) is 10.1. The maximum Gasteiger partial charge on any atom is 0.317 e. The van der Waals surface area contributed by atoms with E-state index in [4.69, 9.17) is 13.9 Å². The molecular weight excluding hydrogens is 372 g/mol. The normalized spacial score (nSPS) is 16.0. The van der Waals surface area contributed by atoms with E-state index < -0.39 is 15.1 Å². The Morgan fingerprint density at radius 2 is 1.93 bits per heavy atom. The molecule has 0 bridgehead atoms. The number of furan rings is 1. The number of ether oxygens (including phenoxy) is 2. The fraction of sp³-hybridized carbons (Fsp3) is 0.389. The fourth-order valence-electron chi connectivity index (χ4n) is 2.83. The minimum absolute atomic E-state index is 0.0991. The van der Waals surface area contributed by atoms with Crippen LogP contribution in [-0.2, 0) is 14.6 Å². The van der Waals surface area contributed by atoms with Gasteiger partial charge >= 0.3 is 6.03 Å². The molecule has 0 radical (unpaired) electrons. The molecule has 146 valence electrons. The van der Waals surface area contributed by atoms with E-state index in [9.17, 15) is 13.2 Å².